The average Bonchev–Trinajstić information content (AvgIpc) is 3.47. The van der Waals surface area contributed by atoms with Gasteiger partial charge >= 0.3 is 17.9 Å². The molecule has 0 rings (SSSR count). The van der Waals surface area contributed by atoms with Crippen LogP contribution < -0.4 is 0 Å². The van der Waals surface area contributed by atoms with Crippen molar-refractivity contribution in [2.75, 3.05) is 13.2 Å². The van der Waals surface area contributed by atoms with Crippen molar-refractivity contribution < 1.29 is 28.6 Å². The summed E-state index contributed by atoms with van der Waals surface area (Å²) in [6, 6.07) is 0. The van der Waals surface area contributed by atoms with Crippen molar-refractivity contribution in [1.29, 1.82) is 0 Å². The van der Waals surface area contributed by atoms with Gasteiger partial charge in [0.25, 0.3) is 0 Å². The van der Waals surface area contributed by atoms with Crippen molar-refractivity contribution in [3.05, 3.63) is 122 Å². The Bertz CT molecular complexity index is 1670. The molecular weight excluding hydrogens is 997 g/mol. The summed E-state index contributed by atoms with van der Waals surface area (Å²) >= 11 is 0. The second-order valence-electron chi connectivity index (χ2n) is 22.3. The molecule has 0 aromatic carbocycles. The summed E-state index contributed by atoms with van der Waals surface area (Å²) in [5.41, 5.74) is 0. The molecule has 0 bridgehead atoms. The number of esters is 3. The molecule has 1 unspecified atom stereocenters. The van der Waals surface area contributed by atoms with Crippen LogP contribution in [0, 0.1) is 0 Å². The van der Waals surface area contributed by atoms with Crippen molar-refractivity contribution in [2.24, 2.45) is 0 Å². The van der Waals surface area contributed by atoms with E-state index in [0.29, 0.717) is 19.3 Å². The first-order valence-electron chi connectivity index (χ1n) is 34.0. The van der Waals surface area contributed by atoms with E-state index in [1.165, 1.54) is 141 Å². The Hall–Kier alpha value is -4.19. The monoisotopic (exact) mass is 1120 g/mol. The third-order valence-electron chi connectivity index (χ3n) is 14.4. The predicted molar refractivity (Wildman–Crippen MR) is 353 cm³/mol. The van der Waals surface area contributed by atoms with Crippen LogP contribution in [0.15, 0.2) is 122 Å². The summed E-state index contributed by atoms with van der Waals surface area (Å²) < 4.78 is 17.0. The Morgan fingerprint density at radius 3 is 0.765 bits per heavy atom. The van der Waals surface area contributed by atoms with Gasteiger partial charge in [0.15, 0.2) is 6.10 Å². The van der Waals surface area contributed by atoms with Crippen LogP contribution in [0.4, 0.5) is 0 Å². The second-order valence-corrected chi connectivity index (χ2v) is 22.3. The average molecular weight is 1120 g/mol. The van der Waals surface area contributed by atoms with E-state index < -0.39 is 6.10 Å². The number of hydrogen-bond acceptors (Lipinski definition) is 6. The third-order valence-corrected chi connectivity index (χ3v) is 14.4. The molecule has 0 aromatic heterocycles. The molecule has 0 aromatic rings. The zero-order chi connectivity index (χ0) is 58.5. The zero-order valence-electron chi connectivity index (χ0n) is 53.0. The predicted octanol–water partition coefficient (Wildman–Crippen LogP) is 23.6. The number of carbonyl (C=O) groups excluding carboxylic acids is 3. The van der Waals surface area contributed by atoms with Crippen LogP contribution in [-0.4, -0.2) is 37.2 Å². The Balaban J connectivity index is 4.44. The molecule has 0 N–H and O–H groups in total. The van der Waals surface area contributed by atoms with Gasteiger partial charge in [0.1, 0.15) is 13.2 Å². The molecule has 6 heteroatoms. The highest BCUT2D eigenvalue weighted by atomic mass is 16.6. The summed E-state index contributed by atoms with van der Waals surface area (Å²) in [4.78, 5) is 38.5. The highest BCUT2D eigenvalue weighted by Gasteiger charge is 2.19. The van der Waals surface area contributed by atoms with Gasteiger partial charge in [0.2, 0.25) is 0 Å². The van der Waals surface area contributed by atoms with E-state index >= 15 is 0 Å². The lowest BCUT2D eigenvalue weighted by atomic mass is 10.1. The second kappa shape index (κ2) is 68.3. The lowest BCUT2D eigenvalue weighted by Gasteiger charge is -2.18. The van der Waals surface area contributed by atoms with Gasteiger partial charge in [-0.3, -0.25) is 14.4 Å². The zero-order valence-corrected chi connectivity index (χ0v) is 53.0. The summed E-state index contributed by atoms with van der Waals surface area (Å²) in [5.74, 6) is -0.907. The molecule has 462 valence electrons. The lowest BCUT2D eigenvalue weighted by molar-refractivity contribution is -0.167. The number of unbranched alkanes of at least 4 members (excludes halogenated alkanes) is 30. The normalized spacial score (nSPS) is 12.9. The molecule has 0 fully saturated rings. The van der Waals surface area contributed by atoms with Crippen LogP contribution in [0.3, 0.4) is 0 Å². The van der Waals surface area contributed by atoms with Crippen molar-refractivity contribution in [3.63, 3.8) is 0 Å². The number of carbonyl (C=O) groups is 3. The first-order chi connectivity index (χ1) is 40.0. The summed E-state index contributed by atoms with van der Waals surface area (Å²) in [7, 11) is 0. The molecule has 0 radical (unpaired) electrons. The van der Waals surface area contributed by atoms with E-state index in [9.17, 15) is 14.4 Å². The SMILES string of the molecule is CC/C=C\C/C=C\C/C=C\C/C=C\C/C=C\CCCCCCCCCC(=O)OCC(COC(=O)CCCCCCCC/C=C\C/C=C\C/C=C\C/C=C\CC)OC(=O)CCCCCCCCCCC/C=C\CCCCCCCCCC. The van der Waals surface area contributed by atoms with E-state index in [2.05, 4.69) is 142 Å². The molecule has 1 atom stereocenters. The molecule has 6 nitrogen and oxygen atoms in total. The van der Waals surface area contributed by atoms with Gasteiger partial charge in [-0.05, 0) is 128 Å². The quantitative estimate of drug-likeness (QED) is 0.0261. The van der Waals surface area contributed by atoms with E-state index in [4.69, 9.17) is 14.2 Å². The van der Waals surface area contributed by atoms with E-state index in [1.54, 1.807) is 0 Å². The minimum Gasteiger partial charge on any atom is -0.462 e. The molecule has 0 saturated heterocycles. The number of ether oxygens (including phenoxy) is 3. The number of rotatable bonds is 61. The molecule has 0 aliphatic carbocycles. The Morgan fingerprint density at radius 2 is 0.481 bits per heavy atom. The lowest BCUT2D eigenvalue weighted by Crippen LogP contribution is -2.30. The molecule has 0 heterocycles. The molecule has 0 aliphatic rings. The van der Waals surface area contributed by atoms with Crippen molar-refractivity contribution in [3.8, 4) is 0 Å². The maximum Gasteiger partial charge on any atom is 0.306 e. The number of hydrogen-bond donors (Lipinski definition) is 0. The Kier molecular flexibility index (Phi) is 64.8. The fourth-order valence-corrected chi connectivity index (χ4v) is 9.40. The van der Waals surface area contributed by atoms with E-state index in [1.807, 2.05) is 0 Å². The fourth-order valence-electron chi connectivity index (χ4n) is 9.40. The highest BCUT2D eigenvalue weighted by molar-refractivity contribution is 5.71. The molecule has 0 aliphatic heterocycles. The van der Waals surface area contributed by atoms with Crippen molar-refractivity contribution in [1.82, 2.24) is 0 Å². The van der Waals surface area contributed by atoms with E-state index in [0.717, 1.165) is 135 Å². The van der Waals surface area contributed by atoms with Gasteiger partial charge < -0.3 is 14.2 Å². The largest absolute Gasteiger partial charge is 0.462 e. The maximum atomic E-state index is 13.0. The van der Waals surface area contributed by atoms with Crippen LogP contribution in [0.1, 0.15) is 316 Å². The smallest absolute Gasteiger partial charge is 0.306 e. The van der Waals surface area contributed by atoms with Crippen LogP contribution in [0.2, 0.25) is 0 Å². The topological polar surface area (TPSA) is 78.9 Å². The third kappa shape index (κ3) is 66.5. The Morgan fingerprint density at radius 1 is 0.259 bits per heavy atom. The van der Waals surface area contributed by atoms with Gasteiger partial charge in [-0.25, -0.2) is 0 Å². The fraction of sp³-hybridized carbons (Fsp3) is 0.693. The minimum atomic E-state index is -0.796. The van der Waals surface area contributed by atoms with Gasteiger partial charge in [-0.2, -0.15) is 0 Å². The summed E-state index contributed by atoms with van der Waals surface area (Å²) in [5, 5.41) is 0. The first kappa shape index (κ1) is 76.8. The van der Waals surface area contributed by atoms with Gasteiger partial charge in [0, 0.05) is 19.3 Å². The standard InChI is InChI=1S/C75H126O6/c1-4-7-10-13-16-19-22-25-28-31-34-36-37-39-41-44-47-50-53-56-59-62-65-68-74(77)80-71-72(70-79-73(76)67-64-61-58-55-52-49-46-43-40-33-30-27-24-21-18-15-12-9-6-3)81-75(78)69-66-63-60-57-54-51-48-45-42-38-35-32-29-26-23-20-17-14-11-8-5-2/h7,9-10,12,16,18-19,21,25,27-28,30,32,34-36,39-41,43,72H,4-6,8,11,13-15,17,20,22-24,26,29,31,33,37-38,42,44-71H2,1-3H3/b10-7-,12-9-,19-16-,21-18-,28-25-,30-27-,35-32-,36-34-,41-39-,43-40-. The van der Waals surface area contributed by atoms with Crippen LogP contribution in [0.25, 0.3) is 0 Å². The van der Waals surface area contributed by atoms with Gasteiger partial charge in [0.05, 0.1) is 0 Å². The minimum absolute atomic E-state index is 0.0910. The molecule has 81 heavy (non-hydrogen) atoms. The van der Waals surface area contributed by atoms with Crippen LogP contribution >= 0.6 is 0 Å². The Labute approximate surface area is 501 Å². The van der Waals surface area contributed by atoms with Crippen LogP contribution in [0.5, 0.6) is 0 Å². The van der Waals surface area contributed by atoms with Crippen molar-refractivity contribution in [2.45, 2.75) is 322 Å². The van der Waals surface area contributed by atoms with Crippen LogP contribution in [-0.2, 0) is 28.6 Å². The molecule has 0 spiro atoms. The molecule has 0 saturated carbocycles. The summed E-state index contributed by atoms with van der Waals surface area (Å²) in [6.07, 6.45) is 94.9. The van der Waals surface area contributed by atoms with Gasteiger partial charge in [-0.15, -0.1) is 0 Å². The molecule has 0 amide bonds. The summed E-state index contributed by atoms with van der Waals surface area (Å²) in [6.45, 7) is 6.42. The number of allylic oxidation sites excluding steroid dienone is 20. The molecular formula is C75H126O6. The highest BCUT2D eigenvalue weighted by Crippen LogP contribution is 2.16. The maximum absolute atomic E-state index is 13.0. The first-order valence-corrected chi connectivity index (χ1v) is 34.0. The van der Waals surface area contributed by atoms with Gasteiger partial charge in [-0.1, -0.05) is 290 Å². The van der Waals surface area contributed by atoms with Crippen molar-refractivity contribution >= 4 is 17.9 Å². The van der Waals surface area contributed by atoms with E-state index in [-0.39, 0.29) is 31.1 Å².